The van der Waals surface area contributed by atoms with E-state index < -0.39 is 0 Å². The van der Waals surface area contributed by atoms with Crippen molar-refractivity contribution < 1.29 is 4.79 Å². The molecule has 2 rings (SSSR count). The van der Waals surface area contributed by atoms with Gasteiger partial charge < -0.3 is 4.90 Å². The second kappa shape index (κ2) is 6.46. The lowest BCUT2D eigenvalue weighted by Crippen LogP contribution is -2.44. The summed E-state index contributed by atoms with van der Waals surface area (Å²) in [5, 5.41) is 3.61. The van der Waals surface area contributed by atoms with Gasteiger partial charge in [-0.05, 0) is 30.1 Å². The number of hydrogen-bond acceptors (Lipinski definition) is 2. The summed E-state index contributed by atoms with van der Waals surface area (Å²) in [5.41, 5.74) is 0. The molecule has 1 N–H and O–H groups in total. The van der Waals surface area contributed by atoms with Gasteiger partial charge in [-0.25, -0.2) is 0 Å². The fourth-order valence-corrected chi connectivity index (χ4v) is 3.81. The van der Waals surface area contributed by atoms with Crippen molar-refractivity contribution in [2.24, 2.45) is 23.7 Å². The fraction of sp³-hybridized carbons (Fsp3) is 0.941. The molecule has 0 bridgehead atoms. The molecule has 1 aliphatic heterocycles. The quantitative estimate of drug-likeness (QED) is 0.838. The van der Waals surface area contributed by atoms with Gasteiger partial charge in [0.05, 0.1) is 12.2 Å². The second-order valence-electron chi connectivity index (χ2n) is 7.38. The number of rotatable bonds is 5. The first kappa shape index (κ1) is 15.8. The summed E-state index contributed by atoms with van der Waals surface area (Å²) in [7, 11) is 0. The Kier molecular flexibility index (Phi) is 5.11. The highest BCUT2D eigenvalue weighted by Crippen LogP contribution is 2.34. The Morgan fingerprint density at radius 1 is 1.30 bits per heavy atom. The molecule has 0 aromatic rings. The van der Waals surface area contributed by atoms with Gasteiger partial charge in [-0.3, -0.25) is 10.1 Å². The van der Waals surface area contributed by atoms with Crippen molar-refractivity contribution in [1.29, 1.82) is 0 Å². The summed E-state index contributed by atoms with van der Waals surface area (Å²) in [5.74, 6) is 2.73. The van der Waals surface area contributed by atoms with E-state index in [1.165, 1.54) is 19.3 Å². The van der Waals surface area contributed by atoms with Crippen LogP contribution in [0.3, 0.4) is 0 Å². The Labute approximate surface area is 124 Å². The smallest absolute Gasteiger partial charge is 0.241 e. The van der Waals surface area contributed by atoms with Gasteiger partial charge >= 0.3 is 0 Å². The number of amides is 1. The fourth-order valence-electron chi connectivity index (χ4n) is 3.81. The molecular weight excluding hydrogens is 248 g/mol. The third-order valence-electron chi connectivity index (χ3n) is 5.55. The predicted octanol–water partition coefficient (Wildman–Crippen LogP) is 3.25. The minimum atomic E-state index is 0.0316. The molecule has 0 radical (unpaired) electrons. The first-order valence-corrected chi connectivity index (χ1v) is 8.52. The van der Waals surface area contributed by atoms with Crippen LogP contribution in [0.15, 0.2) is 0 Å². The van der Waals surface area contributed by atoms with Crippen LogP contribution in [-0.2, 0) is 4.79 Å². The first-order valence-electron chi connectivity index (χ1n) is 8.52. The zero-order valence-corrected chi connectivity index (χ0v) is 13.9. The van der Waals surface area contributed by atoms with Gasteiger partial charge in [0, 0.05) is 6.54 Å². The molecule has 2 fully saturated rings. The molecule has 0 aromatic carbocycles. The molecule has 20 heavy (non-hydrogen) atoms. The highest BCUT2D eigenvalue weighted by molar-refractivity contribution is 5.84. The molecule has 1 heterocycles. The minimum absolute atomic E-state index is 0.0316. The van der Waals surface area contributed by atoms with Crippen LogP contribution in [0.4, 0.5) is 0 Å². The Hall–Kier alpha value is -0.570. The molecule has 1 saturated heterocycles. The van der Waals surface area contributed by atoms with Gasteiger partial charge in [0.2, 0.25) is 5.91 Å². The van der Waals surface area contributed by atoms with Gasteiger partial charge in [-0.15, -0.1) is 0 Å². The molecule has 116 valence electrons. The summed E-state index contributed by atoms with van der Waals surface area (Å²) in [6, 6.07) is 0.0316. The summed E-state index contributed by atoms with van der Waals surface area (Å²) >= 11 is 0. The van der Waals surface area contributed by atoms with E-state index in [1.54, 1.807) is 0 Å². The van der Waals surface area contributed by atoms with Crippen LogP contribution in [0.2, 0.25) is 0 Å². The van der Waals surface area contributed by atoms with Crippen molar-refractivity contribution in [2.75, 3.05) is 6.54 Å². The summed E-state index contributed by atoms with van der Waals surface area (Å²) in [6.45, 7) is 12.1. The molecule has 0 aromatic heterocycles. The third-order valence-corrected chi connectivity index (χ3v) is 5.55. The lowest BCUT2D eigenvalue weighted by Gasteiger charge is -2.31. The number of nitrogens with zero attached hydrogens (tertiary/aromatic N) is 1. The average molecular weight is 280 g/mol. The Balaban J connectivity index is 2.09. The molecule has 5 unspecified atom stereocenters. The van der Waals surface area contributed by atoms with E-state index in [2.05, 4.69) is 44.8 Å². The Morgan fingerprint density at radius 2 is 2.00 bits per heavy atom. The maximum absolute atomic E-state index is 12.8. The minimum Gasteiger partial charge on any atom is -0.325 e. The van der Waals surface area contributed by atoms with E-state index in [0.29, 0.717) is 23.7 Å². The molecule has 5 atom stereocenters. The van der Waals surface area contributed by atoms with E-state index in [0.717, 1.165) is 18.9 Å². The maximum Gasteiger partial charge on any atom is 0.241 e. The van der Waals surface area contributed by atoms with E-state index in [-0.39, 0.29) is 12.2 Å². The standard InChI is InChI=1S/C17H32N2O/c1-6-12(4)15-17(20)19(16(18-15)11(2)3)10-14-9-7-8-13(14)5/h11-16,18H,6-10H2,1-5H3. The average Bonchev–Trinajstić information content (AvgIpc) is 2.95. The first-order chi connectivity index (χ1) is 9.45. The van der Waals surface area contributed by atoms with Crippen LogP contribution in [0.1, 0.15) is 60.3 Å². The van der Waals surface area contributed by atoms with Crippen LogP contribution >= 0.6 is 0 Å². The van der Waals surface area contributed by atoms with E-state index in [4.69, 9.17) is 0 Å². The molecule has 1 aliphatic carbocycles. The molecule has 2 aliphatic rings. The molecule has 3 heteroatoms. The van der Waals surface area contributed by atoms with Crippen LogP contribution in [0.25, 0.3) is 0 Å². The van der Waals surface area contributed by atoms with E-state index in [1.807, 2.05) is 0 Å². The molecular formula is C17H32N2O. The summed E-state index contributed by atoms with van der Waals surface area (Å²) < 4.78 is 0. The van der Waals surface area contributed by atoms with Crippen molar-refractivity contribution in [1.82, 2.24) is 10.2 Å². The van der Waals surface area contributed by atoms with Gasteiger partial charge in [0.1, 0.15) is 0 Å². The van der Waals surface area contributed by atoms with Crippen molar-refractivity contribution >= 4 is 5.91 Å². The third kappa shape index (κ3) is 3.03. The predicted molar refractivity (Wildman–Crippen MR) is 83.2 cm³/mol. The van der Waals surface area contributed by atoms with Gasteiger partial charge in [0.15, 0.2) is 0 Å². The number of carbonyl (C=O) groups is 1. The number of hydrogen-bond donors (Lipinski definition) is 1. The topological polar surface area (TPSA) is 32.3 Å². The molecule has 1 saturated carbocycles. The summed E-state index contributed by atoms with van der Waals surface area (Å²) in [6.07, 6.45) is 5.25. The molecule has 0 spiro atoms. The monoisotopic (exact) mass is 280 g/mol. The van der Waals surface area contributed by atoms with Crippen LogP contribution in [-0.4, -0.2) is 29.6 Å². The highest BCUT2D eigenvalue weighted by atomic mass is 16.2. The highest BCUT2D eigenvalue weighted by Gasteiger charge is 2.43. The number of nitrogens with one attached hydrogen (secondary N) is 1. The SMILES string of the molecule is CCC(C)C1NC(C(C)C)N(CC2CCCC2C)C1=O. The van der Waals surface area contributed by atoms with E-state index in [9.17, 15) is 4.79 Å². The zero-order valence-electron chi connectivity index (χ0n) is 13.9. The van der Waals surface area contributed by atoms with Gasteiger partial charge in [-0.2, -0.15) is 0 Å². The maximum atomic E-state index is 12.8. The lowest BCUT2D eigenvalue weighted by atomic mass is 9.96. The van der Waals surface area contributed by atoms with Gasteiger partial charge in [0.25, 0.3) is 0 Å². The lowest BCUT2D eigenvalue weighted by molar-refractivity contribution is -0.132. The molecule has 1 amide bonds. The zero-order chi connectivity index (χ0) is 14.9. The van der Waals surface area contributed by atoms with Crippen molar-refractivity contribution in [3.63, 3.8) is 0 Å². The van der Waals surface area contributed by atoms with Crippen molar-refractivity contribution in [3.05, 3.63) is 0 Å². The van der Waals surface area contributed by atoms with Crippen molar-refractivity contribution in [2.45, 2.75) is 72.5 Å². The number of carbonyl (C=O) groups excluding carboxylic acids is 1. The van der Waals surface area contributed by atoms with Crippen molar-refractivity contribution in [3.8, 4) is 0 Å². The van der Waals surface area contributed by atoms with Crippen LogP contribution in [0.5, 0.6) is 0 Å². The molecule has 3 nitrogen and oxygen atoms in total. The van der Waals surface area contributed by atoms with Gasteiger partial charge in [-0.1, -0.05) is 53.9 Å². The Bertz CT molecular complexity index is 342. The Morgan fingerprint density at radius 3 is 2.50 bits per heavy atom. The van der Waals surface area contributed by atoms with Crippen LogP contribution < -0.4 is 5.32 Å². The summed E-state index contributed by atoms with van der Waals surface area (Å²) in [4.78, 5) is 14.9. The van der Waals surface area contributed by atoms with E-state index >= 15 is 0 Å². The largest absolute Gasteiger partial charge is 0.325 e. The van der Waals surface area contributed by atoms with Crippen LogP contribution in [0, 0.1) is 23.7 Å². The second-order valence-corrected chi connectivity index (χ2v) is 7.38. The normalized spacial score (nSPS) is 36.1.